The van der Waals surface area contributed by atoms with E-state index in [-0.39, 0.29) is 22.8 Å². The van der Waals surface area contributed by atoms with Crippen LogP contribution in [-0.4, -0.2) is 53.8 Å². The molecule has 6 rings (SSSR count). The lowest BCUT2D eigenvalue weighted by Gasteiger charge is -2.59. The fourth-order valence-electron chi connectivity index (χ4n) is 5.39. The van der Waals surface area contributed by atoms with Gasteiger partial charge in [0.15, 0.2) is 11.6 Å². The van der Waals surface area contributed by atoms with Crippen molar-refractivity contribution in [2.75, 3.05) is 31.6 Å². The van der Waals surface area contributed by atoms with Gasteiger partial charge in [0.25, 0.3) is 0 Å². The molecule has 3 aromatic rings. The normalized spacial score (nSPS) is 18.1. The summed E-state index contributed by atoms with van der Waals surface area (Å²) in [7, 11) is 1.24. The monoisotopic (exact) mass is 491 g/mol. The van der Waals surface area contributed by atoms with Crippen molar-refractivity contribution in [3.8, 4) is 17.2 Å². The summed E-state index contributed by atoms with van der Waals surface area (Å²) < 4.78 is 30.8. The van der Waals surface area contributed by atoms with E-state index in [0.29, 0.717) is 11.6 Å². The molecule has 1 saturated carbocycles. The number of halogens is 1. The fraction of sp³-hybridized carbons (Fsp3) is 0.385. The summed E-state index contributed by atoms with van der Waals surface area (Å²) in [6.45, 7) is 3.39. The highest BCUT2D eigenvalue weighted by Gasteiger charge is 2.54. The molecule has 1 saturated heterocycles. The zero-order valence-corrected chi connectivity index (χ0v) is 19.9. The number of ether oxygens (including phenoxy) is 3. The molecular formula is C26H26FN5O4. The van der Waals surface area contributed by atoms with Gasteiger partial charge in [-0.1, -0.05) is 0 Å². The van der Waals surface area contributed by atoms with E-state index in [4.69, 9.17) is 14.2 Å². The van der Waals surface area contributed by atoms with Gasteiger partial charge in [-0.3, -0.25) is 4.98 Å². The number of rotatable bonds is 6. The molecule has 9 nitrogen and oxygen atoms in total. The molecule has 1 spiro atoms. The van der Waals surface area contributed by atoms with Crippen molar-refractivity contribution in [3.05, 3.63) is 65.6 Å². The lowest BCUT2D eigenvalue weighted by molar-refractivity contribution is -0.0349. The van der Waals surface area contributed by atoms with Crippen LogP contribution < -0.4 is 19.7 Å². The Morgan fingerprint density at radius 3 is 2.86 bits per heavy atom. The number of carbonyl (C=O) groups is 1. The zero-order valence-electron chi connectivity index (χ0n) is 19.9. The van der Waals surface area contributed by atoms with E-state index in [1.54, 1.807) is 6.20 Å². The third-order valence-electron chi connectivity index (χ3n) is 7.14. The number of hydrogen-bond donors (Lipinski definition) is 1. The third-order valence-corrected chi connectivity index (χ3v) is 7.14. The van der Waals surface area contributed by atoms with Crippen molar-refractivity contribution in [2.45, 2.75) is 31.9 Å². The van der Waals surface area contributed by atoms with Crippen molar-refractivity contribution in [1.82, 2.24) is 20.3 Å². The molecule has 0 unspecified atom stereocenters. The van der Waals surface area contributed by atoms with Crippen LogP contribution in [0.1, 0.15) is 34.5 Å². The van der Waals surface area contributed by atoms with E-state index < -0.39 is 11.8 Å². The predicted octanol–water partition coefficient (Wildman–Crippen LogP) is 3.28. The smallest absolute Gasteiger partial charge is 0.341 e. The minimum atomic E-state index is -0.683. The third kappa shape index (κ3) is 4.11. The second-order valence-electron chi connectivity index (χ2n) is 9.61. The number of anilines is 1. The molecule has 1 aliphatic carbocycles. The quantitative estimate of drug-likeness (QED) is 0.521. The fourth-order valence-corrected chi connectivity index (χ4v) is 5.39. The summed E-state index contributed by atoms with van der Waals surface area (Å²) in [6, 6.07) is 5.69. The standard InChI is InChI=1S/C26H26FN5O4/c1-34-25(33)18-8-16(27)2-3-21(18)36-23-12-29-15-31-24(23)32-13-26(14-32)9-17(10-26)35-22-5-7-30-20-4-6-28-11-19(20)22/h2-3,5,7-8,12,15,17,28H,4,6,9-11,13-14H2,1H3. The summed E-state index contributed by atoms with van der Waals surface area (Å²) >= 11 is 0. The first-order chi connectivity index (χ1) is 17.5. The number of esters is 1. The molecule has 2 fully saturated rings. The minimum absolute atomic E-state index is 0.000123. The van der Waals surface area contributed by atoms with Crippen molar-refractivity contribution in [1.29, 1.82) is 0 Å². The summed E-state index contributed by atoms with van der Waals surface area (Å²) in [5, 5.41) is 3.40. The highest BCUT2D eigenvalue weighted by atomic mass is 19.1. The molecule has 2 aliphatic heterocycles. The Labute approximate surface area is 207 Å². The Morgan fingerprint density at radius 1 is 1.17 bits per heavy atom. The van der Waals surface area contributed by atoms with Gasteiger partial charge in [-0.2, -0.15) is 0 Å². The lowest BCUT2D eigenvalue weighted by Crippen LogP contribution is -2.65. The van der Waals surface area contributed by atoms with Crippen LogP contribution in [0.4, 0.5) is 10.2 Å². The van der Waals surface area contributed by atoms with E-state index >= 15 is 0 Å². The van der Waals surface area contributed by atoms with Crippen LogP contribution in [0.5, 0.6) is 17.2 Å². The molecule has 186 valence electrons. The van der Waals surface area contributed by atoms with Crippen LogP contribution in [0.15, 0.2) is 43.0 Å². The average molecular weight is 492 g/mol. The van der Waals surface area contributed by atoms with E-state index in [1.165, 1.54) is 31.1 Å². The summed E-state index contributed by atoms with van der Waals surface area (Å²) in [5.41, 5.74) is 2.49. The molecule has 1 N–H and O–H groups in total. The van der Waals surface area contributed by atoms with Crippen LogP contribution >= 0.6 is 0 Å². The summed E-state index contributed by atoms with van der Waals surface area (Å²) in [6.07, 6.45) is 7.90. The van der Waals surface area contributed by atoms with Gasteiger partial charge in [-0.25, -0.2) is 19.2 Å². The molecule has 36 heavy (non-hydrogen) atoms. The van der Waals surface area contributed by atoms with Crippen LogP contribution in [0.2, 0.25) is 0 Å². The van der Waals surface area contributed by atoms with E-state index in [1.807, 2.05) is 12.3 Å². The van der Waals surface area contributed by atoms with Crippen LogP contribution in [0.25, 0.3) is 0 Å². The molecule has 4 heterocycles. The molecule has 0 bridgehead atoms. The SMILES string of the molecule is COC(=O)c1cc(F)ccc1Oc1cncnc1N1CC2(CC(Oc3ccnc4c3CNCC4)C2)C1. The molecular weight excluding hydrogens is 465 g/mol. The van der Waals surface area contributed by atoms with Gasteiger partial charge in [0.1, 0.15) is 35.3 Å². The Hall–Kier alpha value is -3.79. The predicted molar refractivity (Wildman–Crippen MR) is 128 cm³/mol. The topological polar surface area (TPSA) is 98.7 Å². The van der Waals surface area contributed by atoms with E-state index in [9.17, 15) is 9.18 Å². The van der Waals surface area contributed by atoms with Crippen molar-refractivity contribution in [2.24, 2.45) is 5.41 Å². The first-order valence-corrected chi connectivity index (χ1v) is 12.0. The molecule has 2 aromatic heterocycles. The molecule has 1 aromatic carbocycles. The number of benzene rings is 1. The minimum Gasteiger partial charge on any atom is -0.490 e. The maximum Gasteiger partial charge on any atom is 0.341 e. The largest absolute Gasteiger partial charge is 0.490 e. The zero-order chi connectivity index (χ0) is 24.7. The molecule has 3 aliphatic rings. The maximum atomic E-state index is 13.7. The van der Waals surface area contributed by atoms with Crippen LogP contribution in [0, 0.1) is 11.2 Å². The van der Waals surface area contributed by atoms with Gasteiger partial charge in [0, 0.05) is 55.5 Å². The van der Waals surface area contributed by atoms with Gasteiger partial charge in [0.2, 0.25) is 0 Å². The Kier molecular flexibility index (Phi) is 5.67. The summed E-state index contributed by atoms with van der Waals surface area (Å²) in [5.74, 6) is 0.915. The summed E-state index contributed by atoms with van der Waals surface area (Å²) in [4.78, 5) is 27.2. The molecule has 0 atom stereocenters. The first kappa shape index (κ1) is 22.7. The number of carbonyl (C=O) groups excluding carboxylic acids is 1. The molecule has 0 amide bonds. The van der Waals surface area contributed by atoms with Gasteiger partial charge >= 0.3 is 5.97 Å². The maximum absolute atomic E-state index is 13.7. The van der Waals surface area contributed by atoms with Gasteiger partial charge in [-0.05, 0) is 37.1 Å². The number of fused-ring (bicyclic) bond motifs is 1. The Balaban J connectivity index is 1.11. The first-order valence-electron chi connectivity index (χ1n) is 12.0. The van der Waals surface area contributed by atoms with Crippen molar-refractivity contribution >= 4 is 11.8 Å². The number of nitrogens with one attached hydrogen (secondary N) is 1. The van der Waals surface area contributed by atoms with Crippen molar-refractivity contribution in [3.63, 3.8) is 0 Å². The average Bonchev–Trinajstić information content (AvgIpc) is 2.86. The number of aromatic nitrogens is 3. The van der Waals surface area contributed by atoms with Gasteiger partial charge in [0.05, 0.1) is 13.3 Å². The number of pyridine rings is 1. The van der Waals surface area contributed by atoms with Gasteiger partial charge < -0.3 is 24.4 Å². The Morgan fingerprint density at radius 2 is 2.03 bits per heavy atom. The second kappa shape index (κ2) is 9.02. The van der Waals surface area contributed by atoms with E-state index in [0.717, 1.165) is 63.0 Å². The number of methoxy groups -OCH3 is 1. The lowest BCUT2D eigenvalue weighted by atomic mass is 9.61. The highest BCUT2D eigenvalue weighted by Crippen LogP contribution is 2.52. The molecule has 0 radical (unpaired) electrons. The molecule has 10 heteroatoms. The van der Waals surface area contributed by atoms with Crippen LogP contribution in [0.3, 0.4) is 0 Å². The van der Waals surface area contributed by atoms with E-state index in [2.05, 4.69) is 25.2 Å². The Bertz CT molecular complexity index is 1310. The second-order valence-corrected chi connectivity index (χ2v) is 9.61. The highest BCUT2D eigenvalue weighted by molar-refractivity contribution is 5.92. The van der Waals surface area contributed by atoms with Gasteiger partial charge in [-0.15, -0.1) is 0 Å². The number of hydrogen-bond acceptors (Lipinski definition) is 9. The van der Waals surface area contributed by atoms with Crippen LogP contribution in [-0.2, 0) is 17.7 Å². The number of nitrogens with zero attached hydrogens (tertiary/aromatic N) is 4. The van der Waals surface area contributed by atoms with Crippen molar-refractivity contribution < 1.29 is 23.4 Å².